The first-order chi connectivity index (χ1) is 14.2. The molecule has 0 unspecified atom stereocenters. The molecule has 0 radical (unpaired) electrons. The molecule has 2 aliphatic rings. The van der Waals surface area contributed by atoms with Gasteiger partial charge in [0.05, 0.1) is 19.2 Å². The zero-order valence-corrected chi connectivity index (χ0v) is 16.4. The third-order valence-corrected chi connectivity index (χ3v) is 5.92. The minimum Gasteiger partial charge on any atom is -0.464 e. The second kappa shape index (κ2) is 7.52. The van der Waals surface area contributed by atoms with Crippen LogP contribution in [0.5, 0.6) is 0 Å². The standard InChI is InChI=1S/C23H25N3O3/c27-21(24-18-6-7-18)14-25-9-11-26(12-10-25)22(28)13-17-15-29-20-8-5-16-3-1-2-4-19(16)23(17)20/h1-5,8,15,18H,6-7,9-14H2,(H,24,27). The maximum absolute atomic E-state index is 12.9. The van der Waals surface area contributed by atoms with Gasteiger partial charge in [0.15, 0.2) is 0 Å². The van der Waals surface area contributed by atoms with Gasteiger partial charge in [-0.15, -0.1) is 0 Å². The van der Waals surface area contributed by atoms with Gasteiger partial charge in [0.25, 0.3) is 0 Å². The molecule has 150 valence electrons. The number of hydrogen-bond acceptors (Lipinski definition) is 4. The summed E-state index contributed by atoms with van der Waals surface area (Å²) in [7, 11) is 0. The summed E-state index contributed by atoms with van der Waals surface area (Å²) < 4.78 is 5.72. The lowest BCUT2D eigenvalue weighted by Crippen LogP contribution is -2.51. The molecule has 0 bridgehead atoms. The highest BCUT2D eigenvalue weighted by Gasteiger charge is 2.26. The quantitative estimate of drug-likeness (QED) is 0.726. The topological polar surface area (TPSA) is 65.8 Å². The Hall–Kier alpha value is -2.86. The van der Waals surface area contributed by atoms with Crippen molar-refractivity contribution in [2.24, 2.45) is 0 Å². The van der Waals surface area contributed by atoms with Crippen LogP contribution in [0.2, 0.25) is 0 Å². The number of piperazine rings is 1. The first-order valence-electron chi connectivity index (χ1n) is 10.3. The number of furan rings is 1. The highest BCUT2D eigenvalue weighted by molar-refractivity contribution is 6.08. The highest BCUT2D eigenvalue weighted by Crippen LogP contribution is 2.30. The van der Waals surface area contributed by atoms with Crippen molar-refractivity contribution in [1.82, 2.24) is 15.1 Å². The van der Waals surface area contributed by atoms with Crippen molar-refractivity contribution >= 4 is 33.6 Å². The normalized spacial score (nSPS) is 17.7. The molecular weight excluding hydrogens is 366 g/mol. The summed E-state index contributed by atoms with van der Waals surface area (Å²) in [6.45, 7) is 3.22. The molecule has 1 saturated heterocycles. The van der Waals surface area contributed by atoms with Gasteiger partial charge in [-0.05, 0) is 29.7 Å². The molecule has 6 heteroatoms. The molecule has 5 rings (SSSR count). The molecule has 3 aromatic rings. The molecule has 1 aliphatic heterocycles. The van der Waals surface area contributed by atoms with E-state index < -0.39 is 0 Å². The number of carbonyl (C=O) groups is 2. The maximum Gasteiger partial charge on any atom is 0.234 e. The van der Waals surface area contributed by atoms with E-state index >= 15 is 0 Å². The van der Waals surface area contributed by atoms with Gasteiger partial charge < -0.3 is 14.6 Å². The van der Waals surface area contributed by atoms with Crippen LogP contribution in [-0.2, 0) is 16.0 Å². The van der Waals surface area contributed by atoms with Gasteiger partial charge in [0, 0.05) is 43.2 Å². The monoisotopic (exact) mass is 391 g/mol. The summed E-state index contributed by atoms with van der Waals surface area (Å²) in [6.07, 6.45) is 4.26. The van der Waals surface area contributed by atoms with E-state index in [1.54, 1.807) is 6.26 Å². The van der Waals surface area contributed by atoms with E-state index in [1.807, 2.05) is 29.2 Å². The molecular formula is C23H25N3O3. The molecule has 0 spiro atoms. The molecule has 2 aromatic carbocycles. The lowest BCUT2D eigenvalue weighted by Gasteiger charge is -2.34. The fraction of sp³-hybridized carbons (Fsp3) is 0.391. The van der Waals surface area contributed by atoms with Gasteiger partial charge in [-0.1, -0.05) is 30.3 Å². The first-order valence-corrected chi connectivity index (χ1v) is 10.3. The zero-order chi connectivity index (χ0) is 19.8. The van der Waals surface area contributed by atoms with Gasteiger partial charge in [-0.2, -0.15) is 0 Å². The zero-order valence-electron chi connectivity index (χ0n) is 16.4. The van der Waals surface area contributed by atoms with E-state index in [0.29, 0.717) is 32.1 Å². The summed E-state index contributed by atoms with van der Waals surface area (Å²) >= 11 is 0. The summed E-state index contributed by atoms with van der Waals surface area (Å²) in [5.74, 6) is 0.215. The Morgan fingerprint density at radius 2 is 1.83 bits per heavy atom. The fourth-order valence-corrected chi connectivity index (χ4v) is 4.14. The van der Waals surface area contributed by atoms with Crippen molar-refractivity contribution in [3.8, 4) is 0 Å². The molecule has 1 N–H and O–H groups in total. The molecule has 29 heavy (non-hydrogen) atoms. The van der Waals surface area contributed by atoms with Crippen LogP contribution in [0.25, 0.3) is 21.7 Å². The smallest absolute Gasteiger partial charge is 0.234 e. The molecule has 6 nitrogen and oxygen atoms in total. The molecule has 2 amide bonds. The number of rotatable bonds is 5. The summed E-state index contributed by atoms with van der Waals surface area (Å²) in [5.41, 5.74) is 1.76. The van der Waals surface area contributed by atoms with E-state index in [0.717, 1.165) is 53.2 Å². The van der Waals surface area contributed by atoms with Gasteiger partial charge in [-0.25, -0.2) is 0 Å². The van der Waals surface area contributed by atoms with Crippen LogP contribution < -0.4 is 5.32 Å². The number of nitrogens with zero attached hydrogens (tertiary/aromatic N) is 2. The molecule has 1 aliphatic carbocycles. The largest absolute Gasteiger partial charge is 0.464 e. The lowest BCUT2D eigenvalue weighted by molar-refractivity contribution is -0.132. The average molecular weight is 391 g/mol. The van der Waals surface area contributed by atoms with Gasteiger partial charge in [0.1, 0.15) is 5.58 Å². The Morgan fingerprint density at radius 1 is 1.03 bits per heavy atom. The average Bonchev–Trinajstić information content (AvgIpc) is 3.45. The third-order valence-electron chi connectivity index (χ3n) is 5.92. The third kappa shape index (κ3) is 3.85. The van der Waals surface area contributed by atoms with Crippen LogP contribution in [0, 0.1) is 0 Å². The number of hydrogen-bond donors (Lipinski definition) is 1. The Labute approximate surface area is 169 Å². The van der Waals surface area contributed by atoms with Crippen molar-refractivity contribution in [2.75, 3.05) is 32.7 Å². The SMILES string of the molecule is O=C(CN1CCN(C(=O)Cc2coc3ccc4ccccc4c23)CC1)NC1CC1. The Kier molecular flexibility index (Phi) is 4.72. The molecule has 0 atom stereocenters. The summed E-state index contributed by atoms with van der Waals surface area (Å²) in [4.78, 5) is 28.9. The second-order valence-electron chi connectivity index (χ2n) is 8.10. The molecule has 1 aromatic heterocycles. The Morgan fingerprint density at radius 3 is 2.62 bits per heavy atom. The van der Waals surface area contributed by atoms with E-state index in [9.17, 15) is 9.59 Å². The fourth-order valence-electron chi connectivity index (χ4n) is 4.14. The van der Waals surface area contributed by atoms with Gasteiger partial charge >= 0.3 is 0 Å². The number of benzene rings is 2. The van der Waals surface area contributed by atoms with Gasteiger partial charge in [0.2, 0.25) is 11.8 Å². The summed E-state index contributed by atoms with van der Waals surface area (Å²) in [5, 5.41) is 6.32. The number of amides is 2. The van der Waals surface area contributed by atoms with Crippen molar-refractivity contribution in [3.63, 3.8) is 0 Å². The Balaban J connectivity index is 1.23. The first kappa shape index (κ1) is 18.2. The number of nitrogens with one attached hydrogen (secondary N) is 1. The van der Waals surface area contributed by atoms with E-state index in [-0.39, 0.29) is 11.8 Å². The van der Waals surface area contributed by atoms with Crippen molar-refractivity contribution < 1.29 is 14.0 Å². The molecule has 2 heterocycles. The Bertz CT molecular complexity index is 1060. The molecule has 2 fully saturated rings. The van der Waals surface area contributed by atoms with Crippen LogP contribution >= 0.6 is 0 Å². The predicted octanol–water partition coefficient (Wildman–Crippen LogP) is 2.55. The van der Waals surface area contributed by atoms with Crippen LogP contribution in [-0.4, -0.2) is 60.4 Å². The van der Waals surface area contributed by atoms with Crippen LogP contribution in [0.4, 0.5) is 0 Å². The summed E-state index contributed by atoms with van der Waals surface area (Å²) in [6, 6.07) is 12.6. The highest BCUT2D eigenvalue weighted by atomic mass is 16.3. The minimum atomic E-state index is 0.101. The lowest BCUT2D eigenvalue weighted by atomic mass is 10.0. The number of fused-ring (bicyclic) bond motifs is 3. The second-order valence-corrected chi connectivity index (χ2v) is 8.10. The van der Waals surface area contributed by atoms with E-state index in [4.69, 9.17) is 4.42 Å². The van der Waals surface area contributed by atoms with Crippen LogP contribution in [0.15, 0.2) is 47.1 Å². The van der Waals surface area contributed by atoms with E-state index in [1.165, 1.54) is 0 Å². The minimum absolute atomic E-state index is 0.101. The van der Waals surface area contributed by atoms with Crippen LogP contribution in [0.3, 0.4) is 0 Å². The number of carbonyl (C=O) groups excluding carboxylic acids is 2. The molecule has 1 saturated carbocycles. The van der Waals surface area contributed by atoms with E-state index in [2.05, 4.69) is 22.3 Å². The van der Waals surface area contributed by atoms with Gasteiger partial charge in [-0.3, -0.25) is 14.5 Å². The maximum atomic E-state index is 12.9. The van der Waals surface area contributed by atoms with Crippen molar-refractivity contribution in [1.29, 1.82) is 0 Å². The van der Waals surface area contributed by atoms with Crippen LogP contribution in [0.1, 0.15) is 18.4 Å². The van der Waals surface area contributed by atoms with Crippen molar-refractivity contribution in [3.05, 3.63) is 48.2 Å². The predicted molar refractivity (Wildman–Crippen MR) is 112 cm³/mol. The van der Waals surface area contributed by atoms with Crippen molar-refractivity contribution in [2.45, 2.75) is 25.3 Å².